The summed E-state index contributed by atoms with van der Waals surface area (Å²) in [4.78, 5) is 70.0. The van der Waals surface area contributed by atoms with E-state index in [9.17, 15) is 29.1 Å². The summed E-state index contributed by atoms with van der Waals surface area (Å²) in [5.41, 5.74) is 6.84. The summed E-state index contributed by atoms with van der Waals surface area (Å²) in [7, 11) is 4.70. The maximum absolute atomic E-state index is 14.1. The first-order valence-electron chi connectivity index (χ1n) is 18.2. The van der Waals surface area contributed by atoms with Crippen molar-refractivity contribution in [1.82, 2.24) is 20.4 Å². The zero-order chi connectivity index (χ0) is 38.4. The van der Waals surface area contributed by atoms with Crippen LogP contribution in [0.25, 0.3) is 0 Å². The van der Waals surface area contributed by atoms with Gasteiger partial charge in [0.15, 0.2) is 0 Å². The number of methoxy groups -OCH3 is 2. The molecule has 13 heteroatoms. The van der Waals surface area contributed by atoms with Crippen LogP contribution in [0.15, 0.2) is 24.3 Å². The third-order valence-corrected chi connectivity index (χ3v) is 10.9. The molecule has 286 valence electrons. The molecule has 2 aliphatic rings. The molecule has 4 amide bonds. The molecule has 1 aromatic carbocycles. The van der Waals surface area contributed by atoms with Crippen LogP contribution in [0.4, 0.5) is 0 Å². The lowest BCUT2D eigenvalue weighted by Gasteiger charge is -2.41. The Balaban J connectivity index is 1.77. The molecule has 0 saturated carbocycles. The van der Waals surface area contributed by atoms with Gasteiger partial charge in [0.25, 0.3) is 0 Å². The number of likely N-dealkylation sites (N-methyl/N-ethyl adjacent to an activating group) is 1. The van der Waals surface area contributed by atoms with Crippen molar-refractivity contribution in [1.29, 1.82) is 0 Å². The van der Waals surface area contributed by atoms with Crippen molar-refractivity contribution < 1.29 is 38.6 Å². The van der Waals surface area contributed by atoms with Crippen molar-refractivity contribution in [2.45, 2.75) is 128 Å². The molecule has 51 heavy (non-hydrogen) atoms. The molecule has 1 saturated heterocycles. The monoisotopic (exact) mass is 715 g/mol. The summed E-state index contributed by atoms with van der Waals surface area (Å²) in [5, 5.41) is 15.6. The van der Waals surface area contributed by atoms with Gasteiger partial charge in [-0.05, 0) is 56.1 Å². The van der Waals surface area contributed by atoms with Crippen LogP contribution < -0.4 is 16.4 Å². The average molecular weight is 716 g/mol. The zero-order valence-electron chi connectivity index (χ0n) is 32.1. The first kappa shape index (κ1) is 41.9. The van der Waals surface area contributed by atoms with Gasteiger partial charge in [0.05, 0.1) is 42.2 Å². The summed E-state index contributed by atoms with van der Waals surface area (Å²) < 4.78 is 11.8. The van der Waals surface area contributed by atoms with Crippen molar-refractivity contribution in [3.63, 3.8) is 0 Å². The molecule has 1 aromatic rings. The molecule has 0 radical (unpaired) electrons. The molecule has 13 nitrogen and oxygen atoms in total. The van der Waals surface area contributed by atoms with Gasteiger partial charge in [-0.2, -0.15) is 0 Å². The van der Waals surface area contributed by atoms with E-state index in [4.69, 9.17) is 15.2 Å². The van der Waals surface area contributed by atoms with Gasteiger partial charge in [-0.1, -0.05) is 65.3 Å². The molecule has 1 aliphatic heterocycles. The first-order chi connectivity index (χ1) is 23.9. The third-order valence-electron chi connectivity index (χ3n) is 10.9. The lowest BCUT2D eigenvalue weighted by Crippen LogP contribution is -2.60. The smallest absolute Gasteiger partial charge is 0.326 e. The van der Waals surface area contributed by atoms with E-state index >= 15 is 0 Å². The summed E-state index contributed by atoms with van der Waals surface area (Å²) in [5.74, 6) is -3.84. The molecule has 0 aromatic heterocycles. The lowest BCUT2D eigenvalue weighted by atomic mass is 9.73. The number of hydrogen-bond acceptors (Lipinski definition) is 8. The summed E-state index contributed by atoms with van der Waals surface area (Å²) in [6.07, 6.45) is 1.22. The molecular weight excluding hydrogens is 654 g/mol. The van der Waals surface area contributed by atoms with Gasteiger partial charge in [-0.3, -0.25) is 19.2 Å². The van der Waals surface area contributed by atoms with Crippen LogP contribution in [0.2, 0.25) is 0 Å². The minimum Gasteiger partial charge on any atom is -0.480 e. The van der Waals surface area contributed by atoms with E-state index in [0.717, 1.165) is 11.1 Å². The Bertz CT molecular complexity index is 1400. The number of carbonyl (C=O) groups excluding carboxylic acids is 4. The Labute approximate surface area is 303 Å². The maximum Gasteiger partial charge on any atom is 0.326 e. The second-order valence-electron chi connectivity index (χ2n) is 15.3. The number of aliphatic carboxylic acids is 1. The largest absolute Gasteiger partial charge is 0.480 e. The van der Waals surface area contributed by atoms with Gasteiger partial charge in [-0.25, -0.2) is 4.79 Å². The number of rotatable bonds is 18. The van der Waals surface area contributed by atoms with E-state index in [1.165, 1.54) is 14.2 Å². The Morgan fingerprint density at radius 1 is 1.06 bits per heavy atom. The number of carboxylic acids is 1. The number of benzene rings is 1. The Morgan fingerprint density at radius 2 is 1.71 bits per heavy atom. The van der Waals surface area contributed by atoms with E-state index in [1.54, 1.807) is 37.6 Å². The second kappa shape index (κ2) is 17.8. The van der Waals surface area contributed by atoms with Gasteiger partial charge in [-0.15, -0.1) is 0 Å². The van der Waals surface area contributed by atoms with E-state index in [0.29, 0.717) is 32.2 Å². The highest BCUT2D eigenvalue weighted by Crippen LogP contribution is 2.38. The maximum atomic E-state index is 14.1. The average Bonchev–Trinajstić information content (AvgIpc) is 3.55. The Kier molecular flexibility index (Phi) is 14.6. The van der Waals surface area contributed by atoms with Crippen LogP contribution in [0, 0.1) is 17.8 Å². The highest BCUT2D eigenvalue weighted by molar-refractivity contribution is 5.92. The van der Waals surface area contributed by atoms with Crippen LogP contribution in [-0.2, 0) is 39.9 Å². The van der Waals surface area contributed by atoms with Crippen molar-refractivity contribution in [2.75, 3.05) is 27.8 Å². The number of nitrogens with zero attached hydrogens (tertiary/aromatic N) is 2. The van der Waals surface area contributed by atoms with Crippen LogP contribution in [0.1, 0.15) is 91.2 Å². The number of likely N-dealkylation sites (tertiary alicyclic amines) is 1. The summed E-state index contributed by atoms with van der Waals surface area (Å²) >= 11 is 0. The van der Waals surface area contributed by atoms with Crippen LogP contribution in [-0.4, -0.2) is 114 Å². The molecule has 5 N–H and O–H groups in total. The fourth-order valence-corrected chi connectivity index (χ4v) is 7.58. The SMILES string of the molecule is CCC(C)C(C(CC(=O)N1CCCC1C(OC)C(C)C(=O)NC(C(=O)O)C1Cc2ccccc21)OC)N(C)C(=O)C(NC(=O)C(C)(C)N)C(C)C. The van der Waals surface area contributed by atoms with Crippen molar-refractivity contribution in [3.05, 3.63) is 35.4 Å². The zero-order valence-corrected chi connectivity index (χ0v) is 32.1. The van der Waals surface area contributed by atoms with Gasteiger partial charge >= 0.3 is 5.97 Å². The summed E-state index contributed by atoms with van der Waals surface area (Å²) in [6.45, 7) is 13.0. The summed E-state index contributed by atoms with van der Waals surface area (Å²) in [6, 6.07) is 4.80. The molecule has 3 rings (SSSR count). The minimum absolute atomic E-state index is 0.0205. The predicted molar refractivity (Wildman–Crippen MR) is 194 cm³/mol. The Hall–Kier alpha value is -3.55. The van der Waals surface area contributed by atoms with E-state index in [2.05, 4.69) is 10.6 Å². The van der Waals surface area contributed by atoms with Crippen LogP contribution in [0.5, 0.6) is 0 Å². The van der Waals surface area contributed by atoms with Gasteiger partial charge in [0, 0.05) is 33.7 Å². The third kappa shape index (κ3) is 9.66. The van der Waals surface area contributed by atoms with Gasteiger partial charge in [0.2, 0.25) is 23.6 Å². The highest BCUT2D eigenvalue weighted by Gasteiger charge is 2.45. The topological polar surface area (TPSA) is 181 Å². The predicted octanol–water partition coefficient (Wildman–Crippen LogP) is 2.69. The number of hydrogen-bond donors (Lipinski definition) is 4. The number of fused-ring (bicyclic) bond motifs is 1. The Morgan fingerprint density at radius 3 is 2.24 bits per heavy atom. The minimum atomic E-state index is -1.17. The molecule has 9 atom stereocenters. The molecule has 0 spiro atoms. The van der Waals surface area contributed by atoms with E-state index < -0.39 is 65.6 Å². The van der Waals surface area contributed by atoms with Gasteiger partial charge < -0.3 is 40.7 Å². The van der Waals surface area contributed by atoms with Gasteiger partial charge in [0.1, 0.15) is 12.1 Å². The number of carboxylic acid groups (broad SMARTS) is 1. The number of ether oxygens (including phenoxy) is 2. The van der Waals surface area contributed by atoms with E-state index in [1.807, 2.05) is 52.0 Å². The first-order valence-corrected chi connectivity index (χ1v) is 18.2. The quantitative estimate of drug-likeness (QED) is 0.178. The standard InChI is InChI=1S/C38H61N5O8/c1-11-22(4)32(42(8)35(46)30(21(2)3)41-37(49)38(6,7)39)28(50-9)20-29(44)43-18-14-17-27(43)33(51-10)23(5)34(45)40-31(36(47)48)26-19-24-15-12-13-16-25(24)26/h12-13,15-16,21-23,26-28,30-33H,11,14,17-20,39H2,1-10H3,(H,40,45)(H,41,49)(H,47,48). The lowest BCUT2D eigenvalue weighted by molar-refractivity contribution is -0.148. The number of nitrogens with two attached hydrogens (primary N) is 1. The molecular formula is C38H61N5O8. The fraction of sp³-hybridized carbons (Fsp3) is 0.711. The number of amides is 4. The fourth-order valence-electron chi connectivity index (χ4n) is 7.58. The molecule has 1 heterocycles. The second-order valence-corrected chi connectivity index (χ2v) is 15.3. The van der Waals surface area contributed by atoms with E-state index in [-0.39, 0.29) is 36.0 Å². The van der Waals surface area contributed by atoms with Crippen molar-refractivity contribution >= 4 is 29.6 Å². The molecule has 1 aliphatic carbocycles. The van der Waals surface area contributed by atoms with Crippen molar-refractivity contribution in [2.24, 2.45) is 23.5 Å². The highest BCUT2D eigenvalue weighted by atomic mass is 16.5. The number of carbonyl (C=O) groups is 5. The number of nitrogens with one attached hydrogen (secondary N) is 2. The normalized spacial score (nSPS) is 21.3. The molecule has 0 bridgehead atoms. The molecule has 9 unspecified atom stereocenters. The van der Waals surface area contributed by atoms with Crippen LogP contribution in [0.3, 0.4) is 0 Å². The van der Waals surface area contributed by atoms with Crippen LogP contribution >= 0.6 is 0 Å². The van der Waals surface area contributed by atoms with Crippen molar-refractivity contribution in [3.8, 4) is 0 Å². The molecule has 1 fully saturated rings.